The molecule has 1 aromatic rings. The van der Waals surface area contributed by atoms with Gasteiger partial charge in [-0.25, -0.2) is 0 Å². The van der Waals surface area contributed by atoms with E-state index in [0.717, 1.165) is 11.8 Å². The number of carboxylic acids is 1. The van der Waals surface area contributed by atoms with Gasteiger partial charge in [0.2, 0.25) is 0 Å². The number of nitrogens with one attached hydrogen (secondary N) is 1. The van der Waals surface area contributed by atoms with Crippen LogP contribution >= 0.6 is 11.8 Å². The van der Waals surface area contributed by atoms with Crippen molar-refractivity contribution in [2.75, 3.05) is 7.11 Å². The van der Waals surface area contributed by atoms with Gasteiger partial charge in [0.25, 0.3) is 11.1 Å². The molecule has 2 amide bonds. The molecule has 8 heteroatoms. The summed E-state index contributed by atoms with van der Waals surface area (Å²) >= 11 is 0.804. The van der Waals surface area contributed by atoms with E-state index in [1.807, 2.05) is 0 Å². The minimum atomic E-state index is -1.34. The minimum absolute atomic E-state index is 0.237. The summed E-state index contributed by atoms with van der Waals surface area (Å²) in [7, 11) is 1.41. The molecule has 0 spiro atoms. The molecule has 1 aliphatic heterocycles. The summed E-state index contributed by atoms with van der Waals surface area (Å²) in [6.07, 6.45) is 0.395. The third-order valence-corrected chi connectivity index (χ3v) is 3.57. The van der Waals surface area contributed by atoms with E-state index in [-0.39, 0.29) is 10.7 Å². The van der Waals surface area contributed by atoms with Crippen LogP contribution in [0.2, 0.25) is 0 Å². The Morgan fingerprint density at radius 3 is 2.64 bits per heavy atom. The van der Waals surface area contributed by atoms with E-state index in [0.29, 0.717) is 11.3 Å². The summed E-state index contributed by atoms with van der Waals surface area (Å²) in [5.74, 6) is -1.26. The van der Waals surface area contributed by atoms with Crippen LogP contribution in [0.1, 0.15) is 12.5 Å². The minimum Gasteiger partial charge on any atom is -0.546 e. The highest BCUT2D eigenvalue weighted by Crippen LogP contribution is 2.32. The monoisotopic (exact) mass is 322 g/mol. The number of hydrogen-bond acceptors (Lipinski definition) is 7. The van der Waals surface area contributed by atoms with Gasteiger partial charge in [-0.15, -0.1) is 0 Å². The molecule has 7 nitrogen and oxygen atoms in total. The molecule has 1 fully saturated rings. The quantitative estimate of drug-likeness (QED) is 0.789. The molecule has 0 aromatic heterocycles. The highest BCUT2D eigenvalue weighted by Gasteiger charge is 2.25. The molecule has 1 N–H and O–H groups in total. The zero-order valence-corrected chi connectivity index (χ0v) is 12.6. The fraction of sp³-hybridized carbons (Fsp3) is 0.214. The van der Waals surface area contributed by atoms with Gasteiger partial charge in [-0.05, 0) is 42.5 Å². The summed E-state index contributed by atoms with van der Waals surface area (Å²) in [5.41, 5.74) is 0.609. The van der Waals surface area contributed by atoms with Gasteiger partial charge < -0.3 is 19.4 Å². The third-order valence-electron chi connectivity index (χ3n) is 2.76. The highest BCUT2D eigenvalue weighted by molar-refractivity contribution is 8.18. The molecule has 116 valence electrons. The highest BCUT2D eigenvalue weighted by atomic mass is 32.2. The predicted molar refractivity (Wildman–Crippen MR) is 77.2 cm³/mol. The normalized spacial score (nSPS) is 17.3. The molecule has 0 unspecified atom stereocenters. The number of carboxylic acid groups (broad SMARTS) is 1. The van der Waals surface area contributed by atoms with Crippen molar-refractivity contribution >= 4 is 35.0 Å². The second kappa shape index (κ2) is 6.52. The smallest absolute Gasteiger partial charge is 0.290 e. The standard InChI is InChI=1S/C14H13NO6S/c1-7(13(17)18)21-9-4-3-8(5-10(9)20-2)6-11-12(16)15-14(19)22-11/h3-7H,1-2H3,(H,17,18)(H,15,16,19)/p-1/b11-6-/t7-/m1/s1. The molecule has 1 atom stereocenters. The van der Waals surface area contributed by atoms with E-state index < -0.39 is 23.2 Å². The zero-order chi connectivity index (χ0) is 16.3. The third kappa shape index (κ3) is 3.59. The van der Waals surface area contributed by atoms with E-state index >= 15 is 0 Å². The number of benzene rings is 1. The van der Waals surface area contributed by atoms with Crippen LogP contribution < -0.4 is 19.9 Å². The van der Waals surface area contributed by atoms with Crippen LogP contribution in [0.5, 0.6) is 11.5 Å². The average Bonchev–Trinajstić information content (AvgIpc) is 2.78. The van der Waals surface area contributed by atoms with Gasteiger partial charge in [-0.1, -0.05) is 6.07 Å². The second-order valence-electron chi connectivity index (χ2n) is 4.34. The predicted octanol–water partition coefficient (Wildman–Crippen LogP) is 0.536. The Morgan fingerprint density at radius 1 is 1.36 bits per heavy atom. The van der Waals surface area contributed by atoms with Crippen molar-refractivity contribution in [3.05, 3.63) is 28.7 Å². The number of hydrogen-bond donors (Lipinski definition) is 1. The number of thioether (sulfide) groups is 1. The van der Waals surface area contributed by atoms with Gasteiger partial charge in [-0.2, -0.15) is 0 Å². The molecule has 0 bridgehead atoms. The van der Waals surface area contributed by atoms with Crippen molar-refractivity contribution in [3.63, 3.8) is 0 Å². The molecule has 22 heavy (non-hydrogen) atoms. The van der Waals surface area contributed by atoms with Crippen molar-refractivity contribution in [1.82, 2.24) is 5.32 Å². The van der Waals surface area contributed by atoms with Crippen molar-refractivity contribution in [3.8, 4) is 11.5 Å². The Labute approximate surface area is 130 Å². The fourth-order valence-corrected chi connectivity index (χ4v) is 2.36. The maximum atomic E-state index is 11.5. The average molecular weight is 322 g/mol. The first-order chi connectivity index (χ1) is 10.4. The molecule has 0 saturated carbocycles. The van der Waals surface area contributed by atoms with Gasteiger partial charge in [0.15, 0.2) is 11.5 Å². The molecule has 1 heterocycles. The van der Waals surface area contributed by atoms with Crippen LogP contribution in [0.15, 0.2) is 23.1 Å². The molecule has 1 saturated heterocycles. The lowest BCUT2D eigenvalue weighted by molar-refractivity contribution is -0.312. The number of carbonyl (C=O) groups is 3. The maximum absolute atomic E-state index is 11.5. The van der Waals surface area contributed by atoms with Crippen LogP contribution in [-0.2, 0) is 9.59 Å². The maximum Gasteiger partial charge on any atom is 0.290 e. The molecule has 2 rings (SSSR count). The lowest BCUT2D eigenvalue weighted by Crippen LogP contribution is -2.37. The number of ether oxygens (including phenoxy) is 2. The van der Waals surface area contributed by atoms with Crippen LogP contribution in [0, 0.1) is 0 Å². The van der Waals surface area contributed by atoms with Crippen molar-refractivity contribution in [2.45, 2.75) is 13.0 Å². The van der Waals surface area contributed by atoms with Crippen LogP contribution in [0.25, 0.3) is 6.08 Å². The van der Waals surface area contributed by atoms with E-state index in [2.05, 4.69) is 5.32 Å². The van der Waals surface area contributed by atoms with Gasteiger partial charge >= 0.3 is 0 Å². The van der Waals surface area contributed by atoms with Gasteiger partial charge in [0.05, 0.1) is 18.0 Å². The topological polar surface area (TPSA) is 105 Å². The summed E-state index contributed by atoms with van der Waals surface area (Å²) in [6, 6.07) is 4.70. The first-order valence-electron chi connectivity index (χ1n) is 6.21. The first-order valence-corrected chi connectivity index (χ1v) is 7.02. The Balaban J connectivity index is 2.26. The van der Waals surface area contributed by atoms with E-state index in [1.165, 1.54) is 26.2 Å². The van der Waals surface area contributed by atoms with Gasteiger partial charge in [0.1, 0.15) is 6.10 Å². The van der Waals surface area contributed by atoms with Crippen LogP contribution in [0.3, 0.4) is 0 Å². The van der Waals surface area contributed by atoms with Gasteiger partial charge in [-0.3, -0.25) is 14.9 Å². The summed E-state index contributed by atoms with van der Waals surface area (Å²) in [6.45, 7) is 1.34. The summed E-state index contributed by atoms with van der Waals surface area (Å²) in [4.78, 5) is 33.6. The SMILES string of the molecule is COc1cc(/C=C2\SC(=O)NC2=O)ccc1O[C@H](C)C(=O)[O-]. The molecular formula is C14H12NO6S-. The van der Waals surface area contributed by atoms with Crippen LogP contribution in [0.4, 0.5) is 4.79 Å². The fourth-order valence-electron chi connectivity index (χ4n) is 1.68. The second-order valence-corrected chi connectivity index (χ2v) is 5.36. The summed E-state index contributed by atoms with van der Waals surface area (Å²) < 4.78 is 10.4. The first kappa shape index (κ1) is 15.9. The van der Waals surface area contributed by atoms with Crippen molar-refractivity contribution in [1.29, 1.82) is 0 Å². The van der Waals surface area contributed by atoms with Gasteiger partial charge in [0, 0.05) is 0 Å². The Kier molecular flexibility index (Phi) is 4.71. The molecule has 0 radical (unpaired) electrons. The van der Waals surface area contributed by atoms with E-state index in [9.17, 15) is 19.5 Å². The number of methoxy groups -OCH3 is 1. The van der Waals surface area contributed by atoms with Crippen molar-refractivity contribution < 1.29 is 29.0 Å². The Bertz CT molecular complexity index is 669. The Morgan fingerprint density at radius 2 is 2.09 bits per heavy atom. The molecule has 1 aromatic carbocycles. The van der Waals surface area contributed by atoms with E-state index in [1.54, 1.807) is 12.1 Å². The van der Waals surface area contributed by atoms with Crippen molar-refractivity contribution in [2.24, 2.45) is 0 Å². The summed E-state index contributed by atoms with van der Waals surface area (Å²) in [5, 5.41) is 12.4. The zero-order valence-electron chi connectivity index (χ0n) is 11.7. The number of rotatable bonds is 5. The number of aliphatic carboxylic acids is 1. The number of imide groups is 1. The lowest BCUT2D eigenvalue weighted by Gasteiger charge is -2.17. The lowest BCUT2D eigenvalue weighted by atomic mass is 10.2. The number of carbonyl (C=O) groups excluding carboxylic acids is 3. The molecule has 0 aliphatic carbocycles. The largest absolute Gasteiger partial charge is 0.546 e. The van der Waals surface area contributed by atoms with Crippen LogP contribution in [-0.4, -0.2) is 30.3 Å². The Hall–Kier alpha value is -2.48. The molecular weight excluding hydrogens is 310 g/mol. The number of amides is 2. The van der Waals surface area contributed by atoms with E-state index in [4.69, 9.17) is 9.47 Å². The molecule has 1 aliphatic rings.